The van der Waals surface area contributed by atoms with Crippen LogP contribution in [0.5, 0.6) is 11.5 Å². The first kappa shape index (κ1) is 18.5. The molecule has 0 saturated heterocycles. The minimum atomic E-state index is 0.117. The molecule has 0 amide bonds. The van der Waals surface area contributed by atoms with Crippen LogP contribution in [-0.4, -0.2) is 11.5 Å². The maximum Gasteiger partial charge on any atom is 0.132 e. The predicted octanol–water partition coefficient (Wildman–Crippen LogP) is 5.48. The molecule has 0 bridgehead atoms. The fraction of sp³-hybridized carbons (Fsp3) is 0.333. The van der Waals surface area contributed by atoms with Gasteiger partial charge in [-0.2, -0.15) is 5.10 Å². The number of hydrogen-bond acceptors (Lipinski definition) is 4. The Kier molecular flexibility index (Phi) is 5.33. The Hall–Kier alpha value is -2.33. The van der Waals surface area contributed by atoms with Gasteiger partial charge in [-0.25, -0.2) is 0 Å². The third-order valence-electron chi connectivity index (χ3n) is 4.39. The molecule has 0 saturated carbocycles. The van der Waals surface area contributed by atoms with E-state index in [1.54, 1.807) is 0 Å². The topological polar surface area (TPSA) is 60.0 Å². The molecule has 2 aromatic rings. The fourth-order valence-corrected chi connectivity index (χ4v) is 3.11. The van der Waals surface area contributed by atoms with Gasteiger partial charge in [-0.15, -0.1) is 5.10 Å². The van der Waals surface area contributed by atoms with Gasteiger partial charge in [0, 0.05) is 22.7 Å². The molecule has 0 aromatic heterocycles. The summed E-state index contributed by atoms with van der Waals surface area (Å²) in [4.78, 5) is 0. The lowest BCUT2D eigenvalue weighted by molar-refractivity contribution is 0.475. The van der Waals surface area contributed by atoms with Crippen molar-refractivity contribution in [2.75, 3.05) is 0 Å². The van der Waals surface area contributed by atoms with E-state index >= 15 is 0 Å². The standard InChI is InChI=1S/C21H24ClN3O/c1-21(2,3)14-7-10-16(11-8-14)26-19-6-4-5-18(22)17(19)12-9-15-13-20(23)25-24-15/h4-8,10-11H,9,12-13H2,1-3H3,(H2,23,25). The molecule has 3 rings (SSSR count). The first-order chi connectivity index (χ1) is 12.3. The molecule has 0 unspecified atom stereocenters. The molecule has 1 aliphatic heterocycles. The van der Waals surface area contributed by atoms with Crippen molar-refractivity contribution in [3.8, 4) is 11.5 Å². The predicted molar refractivity (Wildman–Crippen MR) is 109 cm³/mol. The van der Waals surface area contributed by atoms with Gasteiger partial charge in [0.25, 0.3) is 0 Å². The molecular weight excluding hydrogens is 346 g/mol. The Labute approximate surface area is 159 Å². The van der Waals surface area contributed by atoms with Crippen LogP contribution in [0.4, 0.5) is 0 Å². The summed E-state index contributed by atoms with van der Waals surface area (Å²) in [5.41, 5.74) is 9.02. The van der Waals surface area contributed by atoms with Crippen molar-refractivity contribution < 1.29 is 4.74 Å². The number of halogens is 1. The zero-order chi connectivity index (χ0) is 18.7. The van der Waals surface area contributed by atoms with Crippen molar-refractivity contribution in [3.63, 3.8) is 0 Å². The third kappa shape index (κ3) is 4.44. The molecule has 0 aliphatic carbocycles. The van der Waals surface area contributed by atoms with Crippen LogP contribution in [0.2, 0.25) is 5.02 Å². The maximum absolute atomic E-state index is 6.42. The summed E-state index contributed by atoms with van der Waals surface area (Å²) >= 11 is 6.42. The average molecular weight is 370 g/mol. The molecule has 2 N–H and O–H groups in total. The normalized spacial score (nSPS) is 14.2. The summed E-state index contributed by atoms with van der Waals surface area (Å²) in [7, 11) is 0. The fourth-order valence-electron chi connectivity index (χ4n) is 2.85. The smallest absolute Gasteiger partial charge is 0.132 e. The van der Waals surface area contributed by atoms with E-state index in [1.807, 2.05) is 30.3 Å². The highest BCUT2D eigenvalue weighted by atomic mass is 35.5. The van der Waals surface area contributed by atoms with Crippen LogP contribution >= 0.6 is 11.6 Å². The molecule has 0 spiro atoms. The quantitative estimate of drug-likeness (QED) is 0.758. The summed E-state index contributed by atoms with van der Waals surface area (Å²) < 4.78 is 6.12. The van der Waals surface area contributed by atoms with E-state index in [-0.39, 0.29) is 5.41 Å². The molecule has 0 atom stereocenters. The minimum Gasteiger partial charge on any atom is -0.457 e. The van der Waals surface area contributed by atoms with E-state index in [9.17, 15) is 0 Å². The van der Waals surface area contributed by atoms with E-state index < -0.39 is 0 Å². The summed E-state index contributed by atoms with van der Waals surface area (Å²) in [6.07, 6.45) is 2.12. The van der Waals surface area contributed by atoms with Crippen molar-refractivity contribution in [1.29, 1.82) is 0 Å². The number of ether oxygens (including phenoxy) is 1. The van der Waals surface area contributed by atoms with Crippen molar-refractivity contribution in [2.45, 2.75) is 45.4 Å². The number of benzene rings is 2. The van der Waals surface area contributed by atoms with Gasteiger partial charge in [-0.3, -0.25) is 0 Å². The Morgan fingerprint density at radius 2 is 1.77 bits per heavy atom. The summed E-state index contributed by atoms with van der Waals surface area (Å²) in [5, 5.41) is 8.69. The van der Waals surface area contributed by atoms with Gasteiger partial charge in [-0.1, -0.05) is 50.6 Å². The Bertz CT molecular complexity index is 849. The SMILES string of the molecule is CC(C)(C)c1ccc(Oc2cccc(Cl)c2CCC2=NN=C(N)C2)cc1. The summed E-state index contributed by atoms with van der Waals surface area (Å²) in [5.74, 6) is 2.13. The summed E-state index contributed by atoms with van der Waals surface area (Å²) in [6, 6.07) is 13.9. The molecule has 2 aromatic carbocycles. The van der Waals surface area contributed by atoms with Crippen molar-refractivity contribution in [1.82, 2.24) is 0 Å². The molecule has 5 heteroatoms. The maximum atomic E-state index is 6.42. The second kappa shape index (κ2) is 7.50. The minimum absolute atomic E-state index is 0.117. The van der Waals surface area contributed by atoms with E-state index in [2.05, 4.69) is 43.1 Å². The van der Waals surface area contributed by atoms with Gasteiger partial charge in [0.05, 0.1) is 0 Å². The molecule has 1 aliphatic rings. The average Bonchev–Trinajstić information content (AvgIpc) is 2.99. The third-order valence-corrected chi connectivity index (χ3v) is 4.75. The Balaban J connectivity index is 1.74. The van der Waals surface area contributed by atoms with E-state index in [4.69, 9.17) is 22.1 Å². The number of hydrogen-bond donors (Lipinski definition) is 1. The van der Waals surface area contributed by atoms with E-state index in [0.29, 0.717) is 17.3 Å². The Morgan fingerprint density at radius 3 is 2.38 bits per heavy atom. The molecule has 0 fully saturated rings. The van der Waals surface area contributed by atoms with Gasteiger partial charge in [-0.05, 0) is 48.1 Å². The van der Waals surface area contributed by atoms with Gasteiger partial charge < -0.3 is 10.5 Å². The number of nitrogens with two attached hydrogens (primary N) is 1. The van der Waals surface area contributed by atoms with Crippen LogP contribution in [0.25, 0.3) is 0 Å². The molecule has 1 heterocycles. The van der Waals surface area contributed by atoms with Gasteiger partial charge in [0.2, 0.25) is 0 Å². The van der Waals surface area contributed by atoms with Gasteiger partial charge in [0.15, 0.2) is 0 Å². The Morgan fingerprint density at radius 1 is 1.04 bits per heavy atom. The van der Waals surface area contributed by atoms with Crippen molar-refractivity contribution in [2.24, 2.45) is 15.9 Å². The highest BCUT2D eigenvalue weighted by Gasteiger charge is 2.15. The molecular formula is C21H24ClN3O. The van der Waals surface area contributed by atoms with Gasteiger partial charge in [0.1, 0.15) is 17.3 Å². The monoisotopic (exact) mass is 369 g/mol. The highest BCUT2D eigenvalue weighted by Crippen LogP contribution is 2.33. The lowest BCUT2D eigenvalue weighted by Crippen LogP contribution is -2.12. The van der Waals surface area contributed by atoms with E-state index in [1.165, 1.54) is 5.56 Å². The molecule has 26 heavy (non-hydrogen) atoms. The highest BCUT2D eigenvalue weighted by molar-refractivity contribution is 6.31. The zero-order valence-electron chi connectivity index (χ0n) is 15.4. The summed E-state index contributed by atoms with van der Waals surface area (Å²) in [6.45, 7) is 6.58. The zero-order valence-corrected chi connectivity index (χ0v) is 16.2. The number of amidine groups is 1. The molecule has 0 radical (unpaired) electrons. The first-order valence-electron chi connectivity index (χ1n) is 8.76. The second-order valence-electron chi connectivity index (χ2n) is 7.53. The van der Waals surface area contributed by atoms with Gasteiger partial charge >= 0.3 is 0 Å². The van der Waals surface area contributed by atoms with Crippen molar-refractivity contribution in [3.05, 3.63) is 58.6 Å². The lowest BCUT2D eigenvalue weighted by Gasteiger charge is -2.19. The van der Waals surface area contributed by atoms with Crippen molar-refractivity contribution >= 4 is 23.1 Å². The molecule has 4 nitrogen and oxygen atoms in total. The van der Waals surface area contributed by atoms with Crippen LogP contribution in [-0.2, 0) is 11.8 Å². The van der Waals surface area contributed by atoms with Crippen LogP contribution in [0.15, 0.2) is 52.7 Å². The van der Waals surface area contributed by atoms with Crippen LogP contribution in [0, 0.1) is 0 Å². The van der Waals surface area contributed by atoms with Crippen LogP contribution in [0.3, 0.4) is 0 Å². The first-order valence-corrected chi connectivity index (χ1v) is 9.14. The largest absolute Gasteiger partial charge is 0.457 e. The lowest BCUT2D eigenvalue weighted by atomic mass is 9.87. The number of rotatable bonds is 5. The van der Waals surface area contributed by atoms with Crippen LogP contribution < -0.4 is 10.5 Å². The molecule has 136 valence electrons. The van der Waals surface area contributed by atoms with E-state index in [0.717, 1.165) is 35.6 Å². The van der Waals surface area contributed by atoms with Crippen LogP contribution in [0.1, 0.15) is 44.7 Å². The second-order valence-corrected chi connectivity index (χ2v) is 7.93. The number of nitrogens with zero attached hydrogens (tertiary/aromatic N) is 2.